The van der Waals surface area contributed by atoms with Crippen molar-refractivity contribution >= 4 is 0 Å². The molecule has 1 aromatic rings. The Labute approximate surface area is 92.9 Å². The first-order valence-electron chi connectivity index (χ1n) is 5.79. The minimum absolute atomic E-state index is 0.429. The second-order valence-corrected chi connectivity index (χ2v) is 4.48. The maximum atomic E-state index is 4.30. The van der Waals surface area contributed by atoms with Crippen molar-refractivity contribution in [2.24, 2.45) is 13.0 Å². The molecule has 0 aromatic carbocycles. The van der Waals surface area contributed by atoms with E-state index in [1.165, 1.54) is 17.7 Å². The number of nitrogens with one attached hydrogen (secondary N) is 1. The van der Waals surface area contributed by atoms with Crippen LogP contribution >= 0.6 is 0 Å². The Balaban J connectivity index is 2.84. The summed E-state index contributed by atoms with van der Waals surface area (Å²) in [4.78, 5) is 0. The minimum Gasteiger partial charge on any atom is -0.310 e. The molecule has 1 atom stereocenters. The zero-order chi connectivity index (χ0) is 11.4. The lowest BCUT2D eigenvalue weighted by molar-refractivity contribution is 0.411. The van der Waals surface area contributed by atoms with Gasteiger partial charge < -0.3 is 5.32 Å². The highest BCUT2D eigenvalue weighted by Gasteiger charge is 2.18. The molecule has 0 spiro atoms. The van der Waals surface area contributed by atoms with Gasteiger partial charge in [0.05, 0.1) is 6.20 Å². The summed E-state index contributed by atoms with van der Waals surface area (Å²) < 4.78 is 1.94. The summed E-state index contributed by atoms with van der Waals surface area (Å²) in [5.41, 5.74) is 2.60. The monoisotopic (exact) mass is 209 g/mol. The lowest BCUT2D eigenvalue weighted by Gasteiger charge is -2.22. The summed E-state index contributed by atoms with van der Waals surface area (Å²) in [5, 5.41) is 7.89. The lowest BCUT2D eigenvalue weighted by atomic mass is 9.96. The van der Waals surface area contributed by atoms with E-state index in [4.69, 9.17) is 0 Å². The normalized spacial score (nSPS) is 13.5. The summed E-state index contributed by atoms with van der Waals surface area (Å²) in [5.74, 6) is 0.597. The van der Waals surface area contributed by atoms with Crippen molar-refractivity contribution in [3.63, 3.8) is 0 Å². The Bertz CT molecular complexity index is 302. The maximum Gasteiger partial charge on any atom is 0.0540 e. The summed E-state index contributed by atoms with van der Waals surface area (Å²) in [7, 11) is 2.00. The van der Waals surface area contributed by atoms with E-state index in [-0.39, 0.29) is 0 Å². The average molecular weight is 209 g/mol. The topological polar surface area (TPSA) is 29.9 Å². The second-order valence-electron chi connectivity index (χ2n) is 4.48. The third-order valence-electron chi connectivity index (χ3n) is 2.89. The van der Waals surface area contributed by atoms with Gasteiger partial charge in [-0.2, -0.15) is 5.10 Å². The van der Waals surface area contributed by atoms with Crippen LogP contribution in [-0.4, -0.2) is 16.3 Å². The fraction of sp³-hybridized carbons (Fsp3) is 0.750. The molecule has 1 heterocycles. The summed E-state index contributed by atoms with van der Waals surface area (Å²) >= 11 is 0. The van der Waals surface area contributed by atoms with Crippen molar-refractivity contribution < 1.29 is 0 Å². The van der Waals surface area contributed by atoms with Crippen LogP contribution in [0.5, 0.6) is 0 Å². The number of nitrogens with zero attached hydrogens (tertiary/aromatic N) is 2. The molecule has 0 aliphatic rings. The molecule has 0 fully saturated rings. The predicted molar refractivity (Wildman–Crippen MR) is 63.8 cm³/mol. The quantitative estimate of drug-likeness (QED) is 0.807. The van der Waals surface area contributed by atoms with Crippen molar-refractivity contribution in [1.82, 2.24) is 15.1 Å². The highest BCUT2D eigenvalue weighted by atomic mass is 15.3. The number of hydrogen-bond donors (Lipinski definition) is 1. The SMILES string of the molecule is CCCNC(c1cnn(C)c1C)C(C)C. The van der Waals surface area contributed by atoms with Gasteiger partial charge in [0.1, 0.15) is 0 Å². The molecule has 1 N–H and O–H groups in total. The van der Waals surface area contributed by atoms with Gasteiger partial charge >= 0.3 is 0 Å². The van der Waals surface area contributed by atoms with E-state index in [9.17, 15) is 0 Å². The van der Waals surface area contributed by atoms with Gasteiger partial charge in [0, 0.05) is 24.3 Å². The molecule has 86 valence electrons. The van der Waals surface area contributed by atoms with Crippen molar-refractivity contribution in [3.8, 4) is 0 Å². The van der Waals surface area contributed by atoms with E-state index in [1.54, 1.807) is 0 Å². The molecule has 0 aliphatic carbocycles. The summed E-state index contributed by atoms with van der Waals surface area (Å²) in [6, 6.07) is 0.429. The Morgan fingerprint density at radius 2 is 2.13 bits per heavy atom. The lowest BCUT2D eigenvalue weighted by Crippen LogP contribution is -2.26. The van der Waals surface area contributed by atoms with Gasteiger partial charge in [0.15, 0.2) is 0 Å². The fourth-order valence-electron chi connectivity index (χ4n) is 1.83. The Morgan fingerprint density at radius 3 is 2.53 bits per heavy atom. The van der Waals surface area contributed by atoms with Crippen molar-refractivity contribution in [2.45, 2.75) is 40.2 Å². The molecule has 3 nitrogen and oxygen atoms in total. The molecule has 1 unspecified atom stereocenters. The van der Waals surface area contributed by atoms with Crippen LogP contribution < -0.4 is 5.32 Å². The number of aryl methyl sites for hydroxylation is 1. The Kier molecular flexibility index (Phi) is 4.33. The van der Waals surface area contributed by atoms with Crippen LogP contribution in [0.2, 0.25) is 0 Å². The van der Waals surface area contributed by atoms with E-state index >= 15 is 0 Å². The first-order valence-corrected chi connectivity index (χ1v) is 5.79. The first kappa shape index (κ1) is 12.2. The standard InChI is InChI=1S/C12H23N3/c1-6-7-13-12(9(2)3)11-8-14-15(5)10(11)4/h8-9,12-13H,6-7H2,1-5H3. The van der Waals surface area contributed by atoms with Gasteiger partial charge in [-0.3, -0.25) is 4.68 Å². The van der Waals surface area contributed by atoms with Crippen LogP contribution in [0.4, 0.5) is 0 Å². The van der Waals surface area contributed by atoms with E-state index in [0.29, 0.717) is 12.0 Å². The van der Waals surface area contributed by atoms with Crippen LogP contribution in [-0.2, 0) is 7.05 Å². The zero-order valence-electron chi connectivity index (χ0n) is 10.5. The van der Waals surface area contributed by atoms with Gasteiger partial charge in [0.2, 0.25) is 0 Å². The Hall–Kier alpha value is -0.830. The first-order chi connectivity index (χ1) is 7.07. The summed E-state index contributed by atoms with van der Waals surface area (Å²) in [6.07, 6.45) is 3.16. The van der Waals surface area contributed by atoms with Crippen LogP contribution in [0.1, 0.15) is 44.5 Å². The largest absolute Gasteiger partial charge is 0.310 e. The van der Waals surface area contributed by atoms with E-state index in [0.717, 1.165) is 6.54 Å². The zero-order valence-corrected chi connectivity index (χ0v) is 10.5. The maximum absolute atomic E-state index is 4.30. The molecule has 1 aromatic heterocycles. The molecule has 0 aliphatic heterocycles. The smallest absolute Gasteiger partial charge is 0.0540 e. The van der Waals surface area contributed by atoms with Crippen molar-refractivity contribution in [1.29, 1.82) is 0 Å². The number of hydrogen-bond acceptors (Lipinski definition) is 2. The highest BCUT2D eigenvalue weighted by Crippen LogP contribution is 2.23. The van der Waals surface area contributed by atoms with Gasteiger partial charge in [-0.1, -0.05) is 20.8 Å². The van der Waals surface area contributed by atoms with Crippen LogP contribution in [0, 0.1) is 12.8 Å². The van der Waals surface area contributed by atoms with Crippen molar-refractivity contribution in [3.05, 3.63) is 17.5 Å². The molecule has 0 saturated heterocycles. The summed E-state index contributed by atoms with van der Waals surface area (Å²) in [6.45, 7) is 9.89. The predicted octanol–water partition coefficient (Wildman–Crippen LogP) is 2.43. The fourth-order valence-corrected chi connectivity index (χ4v) is 1.83. The molecule has 0 bridgehead atoms. The molecule has 0 saturated carbocycles. The third kappa shape index (κ3) is 2.81. The molecular weight excluding hydrogens is 186 g/mol. The van der Waals surface area contributed by atoms with E-state index < -0.39 is 0 Å². The van der Waals surface area contributed by atoms with Crippen LogP contribution in [0.15, 0.2) is 6.20 Å². The Morgan fingerprint density at radius 1 is 1.47 bits per heavy atom. The molecule has 3 heteroatoms. The van der Waals surface area contributed by atoms with Crippen LogP contribution in [0.3, 0.4) is 0 Å². The molecule has 1 rings (SSSR count). The number of rotatable bonds is 5. The van der Waals surface area contributed by atoms with E-state index in [1.807, 2.05) is 17.9 Å². The van der Waals surface area contributed by atoms with Gasteiger partial charge in [-0.05, 0) is 25.8 Å². The average Bonchev–Trinajstić information content (AvgIpc) is 2.50. The molecule has 15 heavy (non-hydrogen) atoms. The molecule has 0 radical (unpaired) electrons. The minimum atomic E-state index is 0.429. The molecule has 0 amide bonds. The van der Waals surface area contributed by atoms with Crippen molar-refractivity contribution in [2.75, 3.05) is 6.54 Å². The third-order valence-corrected chi connectivity index (χ3v) is 2.89. The van der Waals surface area contributed by atoms with Gasteiger partial charge in [0.25, 0.3) is 0 Å². The molecular formula is C12H23N3. The van der Waals surface area contributed by atoms with Gasteiger partial charge in [-0.25, -0.2) is 0 Å². The van der Waals surface area contributed by atoms with E-state index in [2.05, 4.69) is 38.1 Å². The second kappa shape index (κ2) is 5.31. The highest BCUT2D eigenvalue weighted by molar-refractivity contribution is 5.21. The van der Waals surface area contributed by atoms with Crippen LogP contribution in [0.25, 0.3) is 0 Å². The number of aromatic nitrogens is 2. The van der Waals surface area contributed by atoms with Gasteiger partial charge in [-0.15, -0.1) is 0 Å².